The van der Waals surface area contributed by atoms with Gasteiger partial charge in [0.05, 0.1) is 0 Å². The van der Waals surface area contributed by atoms with Crippen LogP contribution >= 0.6 is 0 Å². The summed E-state index contributed by atoms with van der Waals surface area (Å²) in [7, 11) is 1.61. The van der Waals surface area contributed by atoms with Gasteiger partial charge in [-0.3, -0.25) is 4.79 Å². The van der Waals surface area contributed by atoms with Crippen molar-refractivity contribution in [3.05, 3.63) is 47.5 Å². The highest BCUT2D eigenvalue weighted by Gasteiger charge is 2.07. The number of amides is 1. The first-order chi connectivity index (χ1) is 8.13. The molecular weight excluding hydrogens is 212 g/mol. The summed E-state index contributed by atoms with van der Waals surface area (Å²) in [5.41, 5.74) is 2.26. The highest BCUT2D eigenvalue weighted by atomic mass is 16.1. The van der Waals surface area contributed by atoms with Crippen molar-refractivity contribution in [2.75, 3.05) is 7.05 Å². The third-order valence-corrected chi connectivity index (χ3v) is 2.44. The van der Waals surface area contributed by atoms with Crippen LogP contribution in [0.4, 0.5) is 0 Å². The number of benzene rings is 1. The second-order valence-corrected chi connectivity index (χ2v) is 3.92. The maximum atomic E-state index is 11.6. The van der Waals surface area contributed by atoms with Crippen molar-refractivity contribution in [2.24, 2.45) is 0 Å². The molecular formula is C14H18N2O. The van der Waals surface area contributed by atoms with Crippen molar-refractivity contribution in [1.29, 1.82) is 5.41 Å². The Kier molecular flexibility index (Phi) is 5.14. The molecule has 3 heteroatoms. The molecule has 0 saturated heterocycles. The van der Waals surface area contributed by atoms with Gasteiger partial charge in [-0.1, -0.05) is 30.3 Å². The Morgan fingerprint density at radius 3 is 2.53 bits per heavy atom. The van der Waals surface area contributed by atoms with Crippen LogP contribution in [0.5, 0.6) is 0 Å². The van der Waals surface area contributed by atoms with E-state index in [1.54, 1.807) is 20.0 Å². The van der Waals surface area contributed by atoms with Crippen LogP contribution in [-0.4, -0.2) is 18.7 Å². The van der Waals surface area contributed by atoms with E-state index in [9.17, 15) is 4.79 Å². The molecule has 2 N–H and O–H groups in total. The van der Waals surface area contributed by atoms with E-state index in [-0.39, 0.29) is 5.91 Å². The summed E-state index contributed by atoms with van der Waals surface area (Å²) in [5, 5.41) is 10.0. The smallest absolute Gasteiger partial charge is 0.247 e. The lowest BCUT2D eigenvalue weighted by Gasteiger charge is -2.06. The summed E-state index contributed by atoms with van der Waals surface area (Å²) >= 11 is 0. The fourth-order valence-electron chi connectivity index (χ4n) is 1.60. The molecule has 0 bridgehead atoms. The number of rotatable bonds is 5. The van der Waals surface area contributed by atoms with Gasteiger partial charge < -0.3 is 10.7 Å². The molecule has 17 heavy (non-hydrogen) atoms. The number of hydrogen-bond acceptors (Lipinski definition) is 2. The van der Waals surface area contributed by atoms with Gasteiger partial charge in [-0.15, -0.1) is 0 Å². The van der Waals surface area contributed by atoms with Gasteiger partial charge in [0, 0.05) is 18.3 Å². The number of likely N-dealkylation sites (N-methyl/N-ethyl adjacent to an activating group) is 1. The van der Waals surface area contributed by atoms with E-state index < -0.39 is 0 Å². The third-order valence-electron chi connectivity index (χ3n) is 2.44. The van der Waals surface area contributed by atoms with E-state index in [1.165, 1.54) is 5.56 Å². The predicted molar refractivity (Wildman–Crippen MR) is 70.3 cm³/mol. The van der Waals surface area contributed by atoms with E-state index in [0.29, 0.717) is 17.7 Å². The molecule has 0 atom stereocenters. The summed E-state index contributed by atoms with van der Waals surface area (Å²) < 4.78 is 0. The topological polar surface area (TPSA) is 53.0 Å². The van der Waals surface area contributed by atoms with Gasteiger partial charge in [0.15, 0.2) is 0 Å². The molecule has 0 saturated carbocycles. The number of carbonyl (C=O) groups is 1. The number of allylic oxidation sites excluding steroid dienone is 1. The molecule has 0 aliphatic carbocycles. The zero-order chi connectivity index (χ0) is 12.7. The van der Waals surface area contributed by atoms with Gasteiger partial charge in [0.2, 0.25) is 5.91 Å². The molecule has 3 nitrogen and oxygen atoms in total. The molecule has 1 aromatic rings. The maximum Gasteiger partial charge on any atom is 0.247 e. The Bertz CT molecular complexity index is 421. The Morgan fingerprint density at radius 2 is 2.00 bits per heavy atom. The normalized spacial score (nSPS) is 11.1. The van der Waals surface area contributed by atoms with Gasteiger partial charge >= 0.3 is 0 Å². The highest BCUT2D eigenvalue weighted by molar-refractivity contribution is 6.01. The zero-order valence-electron chi connectivity index (χ0n) is 10.3. The molecule has 1 aromatic carbocycles. The molecule has 0 fully saturated rings. The summed E-state index contributed by atoms with van der Waals surface area (Å²) in [5.74, 6) is -0.104. The SMILES string of the molecule is CNC(=O)/C(=C\C(C)=N)CCc1ccccc1. The molecule has 1 rings (SSSR count). The second-order valence-electron chi connectivity index (χ2n) is 3.92. The Labute approximate surface area is 102 Å². The van der Waals surface area contributed by atoms with Crippen molar-refractivity contribution in [2.45, 2.75) is 19.8 Å². The fraction of sp³-hybridized carbons (Fsp3) is 0.286. The minimum absolute atomic E-state index is 0.104. The van der Waals surface area contributed by atoms with Crippen LogP contribution in [0.15, 0.2) is 42.0 Å². The first kappa shape index (κ1) is 13.2. The van der Waals surface area contributed by atoms with Crippen molar-refractivity contribution in [1.82, 2.24) is 5.32 Å². The lowest BCUT2D eigenvalue weighted by atomic mass is 10.0. The third kappa shape index (κ3) is 4.64. The molecule has 0 spiro atoms. The predicted octanol–water partition coefficient (Wildman–Crippen LogP) is 2.33. The molecule has 0 unspecified atom stereocenters. The first-order valence-electron chi connectivity index (χ1n) is 5.65. The summed E-state index contributed by atoms with van der Waals surface area (Å²) in [4.78, 5) is 11.6. The number of hydrogen-bond donors (Lipinski definition) is 2. The Hall–Kier alpha value is -1.90. The van der Waals surface area contributed by atoms with Crippen LogP contribution in [0.2, 0.25) is 0 Å². The van der Waals surface area contributed by atoms with Crippen LogP contribution in [0.1, 0.15) is 18.9 Å². The van der Waals surface area contributed by atoms with Crippen LogP contribution < -0.4 is 5.32 Å². The second kappa shape index (κ2) is 6.63. The molecule has 0 radical (unpaired) electrons. The molecule has 0 heterocycles. The molecule has 0 aliphatic heterocycles. The standard InChI is InChI=1S/C14H18N2O/c1-11(15)10-13(14(17)16-2)9-8-12-6-4-3-5-7-12/h3-7,10,15H,8-9H2,1-2H3,(H,16,17)/b13-10-,15-11?. The fourth-order valence-corrected chi connectivity index (χ4v) is 1.60. The lowest BCUT2D eigenvalue weighted by Crippen LogP contribution is -2.21. The Morgan fingerprint density at radius 1 is 1.35 bits per heavy atom. The van der Waals surface area contributed by atoms with Gasteiger partial charge in [0.25, 0.3) is 0 Å². The lowest BCUT2D eigenvalue weighted by molar-refractivity contribution is -0.117. The first-order valence-corrected chi connectivity index (χ1v) is 5.65. The monoisotopic (exact) mass is 230 g/mol. The summed E-state index contributed by atoms with van der Waals surface area (Å²) in [6.45, 7) is 1.67. The molecule has 0 aliphatic rings. The zero-order valence-corrected chi connectivity index (χ0v) is 10.3. The summed E-state index contributed by atoms with van der Waals surface area (Å²) in [6, 6.07) is 10.0. The van der Waals surface area contributed by atoms with Crippen molar-refractivity contribution < 1.29 is 4.79 Å². The van der Waals surface area contributed by atoms with E-state index in [2.05, 4.69) is 5.32 Å². The van der Waals surface area contributed by atoms with E-state index in [4.69, 9.17) is 5.41 Å². The van der Waals surface area contributed by atoms with Crippen LogP contribution in [0.3, 0.4) is 0 Å². The van der Waals surface area contributed by atoms with Gasteiger partial charge in [-0.05, 0) is 31.4 Å². The largest absolute Gasteiger partial charge is 0.355 e. The van der Waals surface area contributed by atoms with Gasteiger partial charge in [-0.2, -0.15) is 0 Å². The van der Waals surface area contributed by atoms with Crippen molar-refractivity contribution in [3.8, 4) is 0 Å². The number of carbonyl (C=O) groups excluding carboxylic acids is 1. The van der Waals surface area contributed by atoms with E-state index >= 15 is 0 Å². The van der Waals surface area contributed by atoms with E-state index in [0.717, 1.165) is 6.42 Å². The van der Waals surface area contributed by atoms with Crippen molar-refractivity contribution >= 4 is 11.6 Å². The average Bonchev–Trinajstić information content (AvgIpc) is 2.34. The maximum absolute atomic E-state index is 11.6. The Balaban J connectivity index is 2.68. The number of aryl methyl sites for hydroxylation is 1. The van der Waals surface area contributed by atoms with E-state index in [1.807, 2.05) is 30.3 Å². The minimum Gasteiger partial charge on any atom is -0.355 e. The van der Waals surface area contributed by atoms with Crippen LogP contribution in [0.25, 0.3) is 0 Å². The average molecular weight is 230 g/mol. The van der Waals surface area contributed by atoms with Crippen molar-refractivity contribution in [3.63, 3.8) is 0 Å². The van der Waals surface area contributed by atoms with Crippen LogP contribution in [-0.2, 0) is 11.2 Å². The van der Waals surface area contributed by atoms with Gasteiger partial charge in [0.1, 0.15) is 0 Å². The highest BCUT2D eigenvalue weighted by Crippen LogP contribution is 2.09. The number of nitrogens with one attached hydrogen (secondary N) is 2. The van der Waals surface area contributed by atoms with Crippen LogP contribution in [0, 0.1) is 5.41 Å². The van der Waals surface area contributed by atoms with Gasteiger partial charge in [-0.25, -0.2) is 0 Å². The molecule has 90 valence electrons. The molecule has 1 amide bonds. The minimum atomic E-state index is -0.104. The summed E-state index contributed by atoms with van der Waals surface area (Å²) in [6.07, 6.45) is 3.09. The quantitative estimate of drug-likeness (QED) is 0.592. The molecule has 0 aromatic heterocycles.